The molecule has 0 spiro atoms. The molecule has 2 rings (SSSR count). The van der Waals surface area contributed by atoms with Gasteiger partial charge in [0, 0.05) is 32.4 Å². The summed E-state index contributed by atoms with van der Waals surface area (Å²) in [7, 11) is 0. The van der Waals surface area contributed by atoms with Crippen LogP contribution in [0.4, 0.5) is 0 Å². The summed E-state index contributed by atoms with van der Waals surface area (Å²) in [5.74, 6) is 0.0415. The molecule has 148 valence electrons. The maximum absolute atomic E-state index is 12.8. The highest BCUT2D eigenvalue weighted by Gasteiger charge is 2.30. The normalized spacial score (nSPS) is 16.3. The van der Waals surface area contributed by atoms with Gasteiger partial charge in [0.1, 0.15) is 0 Å². The Morgan fingerprint density at radius 1 is 1.42 bits per heavy atom. The first-order valence-electron chi connectivity index (χ1n) is 8.41. The maximum Gasteiger partial charge on any atom is 0.276 e. The molecule has 1 aliphatic rings. The molecular weight excluding hydrogens is 379 g/mol. The molecule has 1 aromatic heterocycles. The number of amides is 2. The van der Waals surface area contributed by atoms with Gasteiger partial charge in [-0.15, -0.1) is 24.8 Å². The lowest BCUT2D eigenvalue weighted by Gasteiger charge is -2.32. The maximum atomic E-state index is 12.8. The summed E-state index contributed by atoms with van der Waals surface area (Å²) < 4.78 is 5.68. The molecule has 0 aliphatic carbocycles. The first kappa shape index (κ1) is 24.4. The molecule has 0 aromatic carbocycles. The summed E-state index contributed by atoms with van der Waals surface area (Å²) in [6.45, 7) is 5.69. The van der Waals surface area contributed by atoms with E-state index in [1.54, 1.807) is 23.2 Å². The Hall–Kier alpha value is -1.57. The highest BCUT2D eigenvalue weighted by Crippen LogP contribution is 2.23. The molecule has 2 amide bonds. The van der Waals surface area contributed by atoms with Gasteiger partial charge in [-0.1, -0.05) is 0 Å². The minimum absolute atomic E-state index is 0. The number of hydrogen-bond acceptors (Lipinski definition) is 5. The van der Waals surface area contributed by atoms with Crippen LogP contribution < -0.4 is 15.8 Å². The van der Waals surface area contributed by atoms with Crippen LogP contribution in [-0.4, -0.2) is 54.0 Å². The molecule has 0 bridgehead atoms. The fourth-order valence-corrected chi connectivity index (χ4v) is 2.77. The van der Waals surface area contributed by atoms with Crippen molar-refractivity contribution in [1.82, 2.24) is 15.2 Å². The first-order valence-corrected chi connectivity index (χ1v) is 8.41. The second-order valence-corrected chi connectivity index (χ2v) is 6.19. The van der Waals surface area contributed by atoms with Gasteiger partial charge in [0.15, 0.2) is 11.4 Å². The topological polar surface area (TPSA) is 97.5 Å². The molecule has 1 aliphatic heterocycles. The van der Waals surface area contributed by atoms with E-state index in [0.29, 0.717) is 37.6 Å². The standard InChI is InChI=1S/C17H26N4O3.2ClH/c1-12(2)24-14-6-3-8-19-15(14)17(23)21-10-4-5-13(11-21)16(22)20-9-7-18;;/h3,6,8,12-13H,4-5,7,9-11,18H2,1-2H3,(H,20,22);2*1H. The van der Waals surface area contributed by atoms with Crippen molar-refractivity contribution in [2.75, 3.05) is 26.2 Å². The molecule has 1 fully saturated rings. The van der Waals surface area contributed by atoms with E-state index in [1.807, 2.05) is 13.8 Å². The zero-order valence-corrected chi connectivity index (χ0v) is 16.8. The molecule has 1 saturated heterocycles. The van der Waals surface area contributed by atoms with Gasteiger partial charge in [-0.3, -0.25) is 9.59 Å². The lowest BCUT2D eigenvalue weighted by molar-refractivity contribution is -0.126. The SMILES string of the molecule is CC(C)Oc1cccnc1C(=O)N1CCCC(C(=O)NCCN)C1.Cl.Cl. The van der Waals surface area contributed by atoms with Gasteiger partial charge in [-0.2, -0.15) is 0 Å². The summed E-state index contributed by atoms with van der Waals surface area (Å²) in [6.07, 6.45) is 3.10. The molecule has 3 N–H and O–H groups in total. The third kappa shape index (κ3) is 6.63. The molecular formula is C17H28Cl2N4O3. The van der Waals surface area contributed by atoms with E-state index in [4.69, 9.17) is 10.5 Å². The number of piperidine rings is 1. The van der Waals surface area contributed by atoms with Crippen molar-refractivity contribution in [2.45, 2.75) is 32.8 Å². The summed E-state index contributed by atoms with van der Waals surface area (Å²) in [5, 5.41) is 2.80. The van der Waals surface area contributed by atoms with Crippen molar-refractivity contribution < 1.29 is 14.3 Å². The van der Waals surface area contributed by atoms with Gasteiger partial charge in [0.25, 0.3) is 5.91 Å². The minimum atomic E-state index is -0.201. The number of aromatic nitrogens is 1. The van der Waals surface area contributed by atoms with E-state index in [1.165, 1.54) is 0 Å². The molecule has 1 atom stereocenters. The number of pyridine rings is 1. The minimum Gasteiger partial charge on any atom is -0.489 e. The number of ether oxygens (including phenoxy) is 1. The van der Waals surface area contributed by atoms with Crippen molar-refractivity contribution in [3.05, 3.63) is 24.0 Å². The van der Waals surface area contributed by atoms with Gasteiger partial charge >= 0.3 is 0 Å². The van der Waals surface area contributed by atoms with Crippen molar-refractivity contribution in [1.29, 1.82) is 0 Å². The molecule has 9 heteroatoms. The fraction of sp³-hybridized carbons (Fsp3) is 0.588. The van der Waals surface area contributed by atoms with Gasteiger partial charge in [-0.05, 0) is 38.8 Å². The van der Waals surface area contributed by atoms with Crippen molar-refractivity contribution >= 4 is 36.6 Å². The second-order valence-electron chi connectivity index (χ2n) is 6.19. The zero-order chi connectivity index (χ0) is 17.5. The number of nitrogens with two attached hydrogens (primary N) is 1. The molecule has 1 aromatic rings. The van der Waals surface area contributed by atoms with Crippen molar-refractivity contribution in [3.63, 3.8) is 0 Å². The average molecular weight is 407 g/mol. The van der Waals surface area contributed by atoms with E-state index >= 15 is 0 Å². The Balaban J connectivity index is 0.00000312. The van der Waals surface area contributed by atoms with Crippen LogP contribution in [0.1, 0.15) is 37.2 Å². The largest absolute Gasteiger partial charge is 0.489 e. The summed E-state index contributed by atoms with van der Waals surface area (Å²) in [4.78, 5) is 30.8. The number of carbonyl (C=O) groups excluding carboxylic acids is 2. The van der Waals surface area contributed by atoms with E-state index in [0.717, 1.165) is 12.8 Å². The Labute approximate surface area is 166 Å². The lowest BCUT2D eigenvalue weighted by atomic mass is 9.96. The quantitative estimate of drug-likeness (QED) is 0.747. The van der Waals surface area contributed by atoms with Crippen LogP contribution in [0.25, 0.3) is 0 Å². The van der Waals surface area contributed by atoms with E-state index in [9.17, 15) is 9.59 Å². The highest BCUT2D eigenvalue weighted by atomic mass is 35.5. The van der Waals surface area contributed by atoms with Crippen LogP contribution >= 0.6 is 24.8 Å². The van der Waals surface area contributed by atoms with Crippen LogP contribution in [0.5, 0.6) is 5.75 Å². The molecule has 1 unspecified atom stereocenters. The van der Waals surface area contributed by atoms with Crippen molar-refractivity contribution in [3.8, 4) is 5.75 Å². The molecule has 2 heterocycles. The lowest BCUT2D eigenvalue weighted by Crippen LogP contribution is -2.46. The number of hydrogen-bond donors (Lipinski definition) is 2. The number of likely N-dealkylation sites (tertiary alicyclic amines) is 1. The summed E-state index contributed by atoms with van der Waals surface area (Å²) in [5.41, 5.74) is 5.71. The molecule has 0 saturated carbocycles. The summed E-state index contributed by atoms with van der Waals surface area (Å²) >= 11 is 0. The summed E-state index contributed by atoms with van der Waals surface area (Å²) in [6, 6.07) is 3.49. The smallest absolute Gasteiger partial charge is 0.276 e. The van der Waals surface area contributed by atoms with Crippen LogP contribution in [0.15, 0.2) is 18.3 Å². The Morgan fingerprint density at radius 3 is 2.81 bits per heavy atom. The van der Waals surface area contributed by atoms with Crippen LogP contribution in [-0.2, 0) is 4.79 Å². The van der Waals surface area contributed by atoms with Crippen LogP contribution in [0, 0.1) is 5.92 Å². The predicted octanol–water partition coefficient (Wildman–Crippen LogP) is 1.64. The van der Waals surface area contributed by atoms with Gasteiger partial charge in [0.2, 0.25) is 5.91 Å². The predicted molar refractivity (Wildman–Crippen MR) is 105 cm³/mol. The highest BCUT2D eigenvalue weighted by molar-refractivity contribution is 5.95. The number of halogens is 2. The van der Waals surface area contributed by atoms with E-state index < -0.39 is 0 Å². The Kier molecular flexibility index (Phi) is 11.2. The monoisotopic (exact) mass is 406 g/mol. The van der Waals surface area contributed by atoms with Crippen molar-refractivity contribution in [2.24, 2.45) is 11.7 Å². The number of nitrogens with zero attached hydrogens (tertiary/aromatic N) is 2. The molecule has 7 nitrogen and oxygen atoms in total. The Morgan fingerprint density at radius 2 is 2.15 bits per heavy atom. The fourth-order valence-electron chi connectivity index (χ4n) is 2.77. The van der Waals surface area contributed by atoms with E-state index in [2.05, 4.69) is 10.3 Å². The second kappa shape index (κ2) is 11.9. The average Bonchev–Trinajstić information content (AvgIpc) is 2.59. The molecule has 0 radical (unpaired) electrons. The zero-order valence-electron chi connectivity index (χ0n) is 15.1. The third-order valence-corrected chi connectivity index (χ3v) is 3.86. The van der Waals surface area contributed by atoms with Gasteiger partial charge in [0.05, 0.1) is 12.0 Å². The number of carbonyl (C=O) groups is 2. The third-order valence-electron chi connectivity index (χ3n) is 3.86. The van der Waals surface area contributed by atoms with Crippen LogP contribution in [0.3, 0.4) is 0 Å². The number of rotatable bonds is 6. The first-order chi connectivity index (χ1) is 11.5. The van der Waals surface area contributed by atoms with Crippen LogP contribution in [0.2, 0.25) is 0 Å². The number of nitrogens with one attached hydrogen (secondary N) is 1. The van der Waals surface area contributed by atoms with Gasteiger partial charge < -0.3 is 20.7 Å². The molecule has 26 heavy (non-hydrogen) atoms. The van der Waals surface area contributed by atoms with E-state index in [-0.39, 0.29) is 48.7 Å². The van der Waals surface area contributed by atoms with Gasteiger partial charge in [-0.25, -0.2) is 4.98 Å². The Bertz CT molecular complexity index is 587.